The summed E-state index contributed by atoms with van der Waals surface area (Å²) in [6.45, 7) is 5.48. The van der Waals surface area contributed by atoms with Crippen molar-refractivity contribution >= 4 is 17.9 Å². The highest BCUT2D eigenvalue weighted by Gasteiger charge is 2.42. The molecule has 186 valence electrons. The van der Waals surface area contributed by atoms with E-state index in [2.05, 4.69) is 0 Å². The summed E-state index contributed by atoms with van der Waals surface area (Å²) in [7, 11) is 0. The standard InChI is InChI=1S/C28H33FN2O4/c1-2-34-24-9-5-3-7-22(24)11-12-26(32)30-17-14-28(15-18-30)16-19-31(21-28)27(33)13-20-35-25-10-6-4-8-23(25)29/h3-12H,2,13-21H2,1H3. The third-order valence-corrected chi connectivity index (χ3v) is 6.96. The summed E-state index contributed by atoms with van der Waals surface area (Å²) >= 11 is 0. The van der Waals surface area contributed by atoms with Crippen LogP contribution in [0, 0.1) is 11.2 Å². The zero-order chi connectivity index (χ0) is 24.7. The van der Waals surface area contributed by atoms with Crippen molar-refractivity contribution in [1.29, 1.82) is 0 Å². The van der Waals surface area contributed by atoms with Crippen LogP contribution in [0.5, 0.6) is 11.5 Å². The van der Waals surface area contributed by atoms with Crippen molar-refractivity contribution in [2.75, 3.05) is 39.4 Å². The molecule has 0 unspecified atom stereocenters. The molecule has 2 fully saturated rings. The molecule has 2 amide bonds. The number of carbonyl (C=O) groups excluding carboxylic acids is 2. The molecule has 2 saturated heterocycles. The normalized spacial score (nSPS) is 17.2. The van der Waals surface area contributed by atoms with Crippen LogP contribution in [0.3, 0.4) is 0 Å². The summed E-state index contributed by atoms with van der Waals surface area (Å²) < 4.78 is 24.7. The van der Waals surface area contributed by atoms with E-state index in [0.717, 1.165) is 37.1 Å². The van der Waals surface area contributed by atoms with Gasteiger partial charge in [-0.15, -0.1) is 0 Å². The molecule has 0 radical (unpaired) electrons. The van der Waals surface area contributed by atoms with Crippen LogP contribution in [0.1, 0.15) is 38.2 Å². The minimum Gasteiger partial charge on any atom is -0.493 e. The molecule has 0 bridgehead atoms. The van der Waals surface area contributed by atoms with E-state index < -0.39 is 5.82 Å². The van der Waals surface area contributed by atoms with E-state index in [1.54, 1.807) is 24.3 Å². The van der Waals surface area contributed by atoms with Crippen LogP contribution in [-0.2, 0) is 9.59 Å². The highest BCUT2D eigenvalue weighted by Crippen LogP contribution is 2.40. The maximum Gasteiger partial charge on any atom is 0.246 e. The molecule has 0 N–H and O–H groups in total. The van der Waals surface area contributed by atoms with Crippen LogP contribution in [0.15, 0.2) is 54.6 Å². The van der Waals surface area contributed by atoms with Crippen LogP contribution < -0.4 is 9.47 Å². The lowest BCUT2D eigenvalue weighted by Gasteiger charge is -2.39. The van der Waals surface area contributed by atoms with Crippen molar-refractivity contribution in [2.45, 2.75) is 32.6 Å². The topological polar surface area (TPSA) is 59.1 Å². The van der Waals surface area contributed by atoms with Gasteiger partial charge in [0.1, 0.15) is 5.75 Å². The van der Waals surface area contributed by atoms with Gasteiger partial charge < -0.3 is 19.3 Å². The molecule has 0 atom stereocenters. The third-order valence-electron chi connectivity index (χ3n) is 6.96. The molecule has 2 aliphatic rings. The minimum absolute atomic E-state index is 0.00220. The number of benzene rings is 2. The molecular weight excluding hydrogens is 447 g/mol. The number of rotatable bonds is 8. The van der Waals surface area contributed by atoms with Crippen LogP contribution in [0.25, 0.3) is 6.08 Å². The average molecular weight is 481 g/mol. The van der Waals surface area contributed by atoms with Crippen LogP contribution in [0.2, 0.25) is 0 Å². The monoisotopic (exact) mass is 480 g/mol. The first-order chi connectivity index (χ1) is 17.0. The Kier molecular flexibility index (Phi) is 8.06. The Morgan fingerprint density at radius 2 is 1.60 bits per heavy atom. The molecule has 0 aromatic heterocycles. The SMILES string of the molecule is CCOc1ccccc1C=CC(=O)N1CCC2(CC1)CCN(C(=O)CCOc1ccccc1F)C2. The molecule has 0 aliphatic carbocycles. The predicted molar refractivity (Wildman–Crippen MR) is 133 cm³/mol. The number of amides is 2. The Bertz CT molecular complexity index is 1060. The van der Waals surface area contributed by atoms with Gasteiger partial charge in [-0.3, -0.25) is 9.59 Å². The van der Waals surface area contributed by atoms with Gasteiger partial charge in [0.15, 0.2) is 11.6 Å². The van der Waals surface area contributed by atoms with Gasteiger partial charge in [0, 0.05) is 37.8 Å². The van der Waals surface area contributed by atoms with E-state index in [0.29, 0.717) is 26.2 Å². The number of carbonyl (C=O) groups is 2. The Balaban J connectivity index is 1.23. The van der Waals surface area contributed by atoms with E-state index in [-0.39, 0.29) is 36.0 Å². The number of nitrogens with zero attached hydrogens (tertiary/aromatic N) is 2. The van der Waals surface area contributed by atoms with Crippen molar-refractivity contribution in [1.82, 2.24) is 9.80 Å². The average Bonchev–Trinajstić information content (AvgIpc) is 3.28. The third kappa shape index (κ3) is 6.21. The summed E-state index contributed by atoms with van der Waals surface area (Å²) in [5.74, 6) is 0.557. The highest BCUT2D eigenvalue weighted by molar-refractivity contribution is 5.92. The predicted octanol–water partition coefficient (Wildman–Crippen LogP) is 4.55. The van der Waals surface area contributed by atoms with Gasteiger partial charge in [-0.25, -0.2) is 4.39 Å². The summed E-state index contributed by atoms with van der Waals surface area (Å²) in [5.41, 5.74) is 0.963. The second kappa shape index (κ2) is 11.4. The van der Waals surface area contributed by atoms with Crippen molar-refractivity contribution in [3.05, 3.63) is 66.0 Å². The molecule has 35 heavy (non-hydrogen) atoms. The van der Waals surface area contributed by atoms with Crippen molar-refractivity contribution in [2.24, 2.45) is 5.41 Å². The lowest BCUT2D eigenvalue weighted by Crippen LogP contribution is -2.44. The van der Waals surface area contributed by atoms with E-state index in [1.807, 2.05) is 47.1 Å². The molecule has 0 saturated carbocycles. The first kappa shape index (κ1) is 24.8. The van der Waals surface area contributed by atoms with Gasteiger partial charge in [-0.05, 0) is 55.9 Å². The van der Waals surface area contributed by atoms with Crippen LogP contribution >= 0.6 is 0 Å². The Hall–Kier alpha value is -3.35. The summed E-state index contributed by atoms with van der Waals surface area (Å²) in [6, 6.07) is 13.9. The number of hydrogen-bond donors (Lipinski definition) is 0. The quantitative estimate of drug-likeness (QED) is 0.521. The molecule has 2 heterocycles. The number of ether oxygens (including phenoxy) is 2. The minimum atomic E-state index is -0.422. The fourth-order valence-corrected chi connectivity index (χ4v) is 4.90. The second-order valence-corrected chi connectivity index (χ2v) is 9.22. The van der Waals surface area contributed by atoms with Crippen LogP contribution in [-0.4, -0.2) is 61.0 Å². The van der Waals surface area contributed by atoms with Crippen molar-refractivity contribution < 1.29 is 23.5 Å². The number of halogens is 1. The lowest BCUT2D eigenvalue weighted by atomic mass is 9.78. The fourth-order valence-electron chi connectivity index (χ4n) is 4.90. The summed E-state index contributed by atoms with van der Waals surface area (Å²) in [4.78, 5) is 29.2. The van der Waals surface area contributed by atoms with Gasteiger partial charge in [0.2, 0.25) is 11.8 Å². The first-order valence-corrected chi connectivity index (χ1v) is 12.3. The van der Waals surface area contributed by atoms with E-state index in [4.69, 9.17) is 9.47 Å². The van der Waals surface area contributed by atoms with Crippen molar-refractivity contribution in [3.8, 4) is 11.5 Å². The van der Waals surface area contributed by atoms with E-state index in [9.17, 15) is 14.0 Å². The molecule has 2 aromatic rings. The zero-order valence-electron chi connectivity index (χ0n) is 20.2. The lowest BCUT2D eigenvalue weighted by molar-refractivity contribution is -0.132. The first-order valence-electron chi connectivity index (χ1n) is 12.3. The number of para-hydroxylation sites is 2. The summed E-state index contributed by atoms with van der Waals surface area (Å²) in [5, 5.41) is 0. The second-order valence-electron chi connectivity index (χ2n) is 9.22. The fraction of sp³-hybridized carbons (Fsp3) is 0.429. The number of hydrogen-bond acceptors (Lipinski definition) is 4. The number of likely N-dealkylation sites (tertiary alicyclic amines) is 2. The van der Waals surface area contributed by atoms with Crippen LogP contribution in [0.4, 0.5) is 4.39 Å². The zero-order valence-corrected chi connectivity index (χ0v) is 20.2. The maximum atomic E-state index is 13.7. The Morgan fingerprint density at radius 1 is 0.943 bits per heavy atom. The van der Waals surface area contributed by atoms with Crippen molar-refractivity contribution in [3.63, 3.8) is 0 Å². The van der Waals surface area contributed by atoms with Gasteiger partial charge in [0.25, 0.3) is 0 Å². The number of piperidine rings is 1. The Labute approximate surface area is 206 Å². The summed E-state index contributed by atoms with van der Waals surface area (Å²) in [6.07, 6.45) is 6.39. The smallest absolute Gasteiger partial charge is 0.246 e. The van der Waals surface area contributed by atoms with Gasteiger partial charge >= 0.3 is 0 Å². The molecule has 4 rings (SSSR count). The molecule has 2 aromatic carbocycles. The van der Waals surface area contributed by atoms with Gasteiger partial charge in [-0.2, -0.15) is 0 Å². The molecule has 1 spiro atoms. The Morgan fingerprint density at radius 3 is 2.31 bits per heavy atom. The van der Waals surface area contributed by atoms with E-state index in [1.165, 1.54) is 6.07 Å². The molecular formula is C28H33FN2O4. The van der Waals surface area contributed by atoms with Gasteiger partial charge in [0.05, 0.1) is 19.6 Å². The van der Waals surface area contributed by atoms with Gasteiger partial charge in [-0.1, -0.05) is 30.3 Å². The molecule has 6 nitrogen and oxygen atoms in total. The maximum absolute atomic E-state index is 13.7. The highest BCUT2D eigenvalue weighted by atomic mass is 19.1. The van der Waals surface area contributed by atoms with E-state index >= 15 is 0 Å². The molecule has 2 aliphatic heterocycles. The molecule has 7 heteroatoms. The largest absolute Gasteiger partial charge is 0.493 e.